The number of aryl methyl sites for hydroxylation is 3. The number of aliphatic hydroxyl groups excluding tert-OH is 1. The number of hydrogen-bond donors (Lipinski definition) is 2. The van der Waals surface area contributed by atoms with E-state index in [4.69, 9.17) is 14.6 Å². The zero-order valence-electron chi connectivity index (χ0n) is 20.2. The highest BCUT2D eigenvalue weighted by Gasteiger charge is 2.18. The van der Waals surface area contributed by atoms with Crippen molar-refractivity contribution in [1.29, 1.82) is 0 Å². The lowest BCUT2D eigenvalue weighted by Crippen LogP contribution is -2.17. The smallest absolute Gasteiger partial charge is 0.303 e. The van der Waals surface area contributed by atoms with Crippen molar-refractivity contribution in [1.82, 2.24) is 0 Å². The minimum Gasteiger partial charge on any atom is -0.493 e. The molecule has 3 rings (SSSR count). The van der Waals surface area contributed by atoms with Crippen LogP contribution in [0.25, 0.3) is 0 Å². The Bertz CT molecular complexity index is 1080. The second-order valence-corrected chi connectivity index (χ2v) is 8.59. The standard InChI is InChI=1S/C29H34O5/c1-4-22-10-14-27(26(19-22)29(32)24-8-6-5-7-9-24)34-21(3)16-17-33-25-13-11-23(20(2)18-25)12-15-28(30)31/h5-11,13-14,18-19,21,29,32H,4,12,15-17H2,1-3H3,(H,30,31)/t21?,29-/m1/s1. The molecular formula is C29H34O5. The molecule has 0 aliphatic carbocycles. The number of carboxylic acids is 1. The molecule has 0 heterocycles. The van der Waals surface area contributed by atoms with Crippen LogP contribution in [-0.2, 0) is 17.6 Å². The van der Waals surface area contributed by atoms with E-state index in [0.29, 0.717) is 25.2 Å². The lowest BCUT2D eigenvalue weighted by Gasteiger charge is -2.21. The van der Waals surface area contributed by atoms with Crippen LogP contribution in [-0.4, -0.2) is 28.9 Å². The molecular weight excluding hydrogens is 428 g/mol. The molecule has 0 spiro atoms. The van der Waals surface area contributed by atoms with Crippen LogP contribution in [0.5, 0.6) is 11.5 Å². The first-order chi connectivity index (χ1) is 16.4. The molecule has 0 amide bonds. The molecule has 0 saturated heterocycles. The van der Waals surface area contributed by atoms with E-state index in [1.165, 1.54) is 0 Å². The number of carbonyl (C=O) groups is 1. The van der Waals surface area contributed by atoms with Crippen molar-refractivity contribution in [3.63, 3.8) is 0 Å². The van der Waals surface area contributed by atoms with Gasteiger partial charge in [0.1, 0.15) is 17.6 Å². The molecule has 2 N–H and O–H groups in total. The number of rotatable bonds is 12. The lowest BCUT2D eigenvalue weighted by atomic mass is 9.98. The molecule has 0 aliphatic heterocycles. The van der Waals surface area contributed by atoms with Crippen LogP contribution in [0.15, 0.2) is 66.7 Å². The van der Waals surface area contributed by atoms with Gasteiger partial charge in [0.15, 0.2) is 0 Å². The van der Waals surface area contributed by atoms with E-state index in [-0.39, 0.29) is 12.5 Å². The fraction of sp³-hybridized carbons (Fsp3) is 0.345. The first-order valence-electron chi connectivity index (χ1n) is 11.8. The predicted molar refractivity (Wildman–Crippen MR) is 134 cm³/mol. The van der Waals surface area contributed by atoms with E-state index in [2.05, 4.69) is 6.92 Å². The molecule has 180 valence electrons. The van der Waals surface area contributed by atoms with Gasteiger partial charge in [-0.1, -0.05) is 49.4 Å². The third-order valence-electron chi connectivity index (χ3n) is 5.94. The minimum absolute atomic E-state index is 0.106. The molecule has 1 unspecified atom stereocenters. The molecule has 0 radical (unpaired) electrons. The number of aliphatic hydroxyl groups is 1. The average Bonchev–Trinajstić information content (AvgIpc) is 2.83. The van der Waals surface area contributed by atoms with Crippen LogP contribution in [0.2, 0.25) is 0 Å². The molecule has 3 aromatic carbocycles. The van der Waals surface area contributed by atoms with Gasteiger partial charge in [0.25, 0.3) is 0 Å². The van der Waals surface area contributed by atoms with E-state index in [1.54, 1.807) is 0 Å². The highest BCUT2D eigenvalue weighted by atomic mass is 16.5. The predicted octanol–water partition coefficient (Wildman–Crippen LogP) is 5.89. The van der Waals surface area contributed by atoms with E-state index in [0.717, 1.165) is 40.0 Å². The molecule has 0 bridgehead atoms. The van der Waals surface area contributed by atoms with Crippen LogP contribution >= 0.6 is 0 Å². The Morgan fingerprint density at radius 2 is 1.79 bits per heavy atom. The fourth-order valence-corrected chi connectivity index (χ4v) is 3.85. The van der Waals surface area contributed by atoms with Gasteiger partial charge in [-0.2, -0.15) is 0 Å². The lowest BCUT2D eigenvalue weighted by molar-refractivity contribution is -0.136. The van der Waals surface area contributed by atoms with E-state index >= 15 is 0 Å². The summed E-state index contributed by atoms with van der Waals surface area (Å²) in [6, 6.07) is 21.4. The number of aliphatic carboxylic acids is 1. The van der Waals surface area contributed by atoms with Gasteiger partial charge >= 0.3 is 5.97 Å². The van der Waals surface area contributed by atoms with Gasteiger partial charge in [-0.25, -0.2) is 0 Å². The summed E-state index contributed by atoms with van der Waals surface area (Å²) in [5, 5.41) is 19.9. The van der Waals surface area contributed by atoms with Crippen molar-refractivity contribution < 1.29 is 24.5 Å². The summed E-state index contributed by atoms with van der Waals surface area (Å²) < 4.78 is 12.1. The van der Waals surface area contributed by atoms with Gasteiger partial charge in [-0.3, -0.25) is 4.79 Å². The van der Waals surface area contributed by atoms with Gasteiger partial charge in [0.2, 0.25) is 0 Å². The Kier molecular flexibility index (Phi) is 9.11. The van der Waals surface area contributed by atoms with Crippen LogP contribution < -0.4 is 9.47 Å². The van der Waals surface area contributed by atoms with Gasteiger partial charge in [0.05, 0.1) is 12.7 Å². The Balaban J connectivity index is 1.60. The maximum absolute atomic E-state index is 11.0. The molecule has 5 heteroatoms. The van der Waals surface area contributed by atoms with Crippen molar-refractivity contribution >= 4 is 5.97 Å². The quantitative estimate of drug-likeness (QED) is 0.351. The van der Waals surface area contributed by atoms with E-state index < -0.39 is 12.1 Å². The minimum atomic E-state index is -0.794. The van der Waals surface area contributed by atoms with Crippen LogP contribution in [0, 0.1) is 6.92 Å². The maximum atomic E-state index is 11.0. The van der Waals surface area contributed by atoms with Crippen LogP contribution in [0.4, 0.5) is 0 Å². The number of hydrogen-bond acceptors (Lipinski definition) is 4. The summed E-state index contributed by atoms with van der Waals surface area (Å²) in [6.45, 7) is 6.54. The van der Waals surface area contributed by atoms with Gasteiger partial charge in [0, 0.05) is 18.4 Å². The Morgan fingerprint density at radius 3 is 2.47 bits per heavy atom. The third kappa shape index (κ3) is 7.09. The zero-order chi connectivity index (χ0) is 24.5. The van der Waals surface area contributed by atoms with Crippen LogP contribution in [0.3, 0.4) is 0 Å². The Labute approximate surface area is 202 Å². The van der Waals surface area contributed by atoms with Crippen molar-refractivity contribution in [3.8, 4) is 11.5 Å². The van der Waals surface area contributed by atoms with Crippen molar-refractivity contribution in [3.05, 3.63) is 94.5 Å². The van der Waals surface area contributed by atoms with Gasteiger partial charge in [-0.05, 0) is 73.2 Å². The second-order valence-electron chi connectivity index (χ2n) is 8.59. The number of benzene rings is 3. The average molecular weight is 463 g/mol. The molecule has 0 aliphatic rings. The first-order valence-corrected chi connectivity index (χ1v) is 11.8. The summed E-state index contributed by atoms with van der Waals surface area (Å²) in [5.41, 5.74) is 4.80. The van der Waals surface area contributed by atoms with E-state index in [1.807, 2.05) is 80.6 Å². The molecule has 2 atom stereocenters. The second kappa shape index (κ2) is 12.2. The monoisotopic (exact) mass is 462 g/mol. The van der Waals surface area contributed by atoms with Crippen molar-refractivity contribution in [2.24, 2.45) is 0 Å². The molecule has 34 heavy (non-hydrogen) atoms. The molecule has 0 aromatic heterocycles. The SMILES string of the molecule is CCc1ccc(OC(C)CCOc2ccc(CCC(=O)O)c(C)c2)c([C@H](O)c2ccccc2)c1. The van der Waals surface area contributed by atoms with Gasteiger partial charge < -0.3 is 19.7 Å². The molecule has 3 aromatic rings. The summed E-state index contributed by atoms with van der Waals surface area (Å²) in [6.07, 6.45) is 1.33. The maximum Gasteiger partial charge on any atom is 0.303 e. The topological polar surface area (TPSA) is 76.0 Å². The summed E-state index contributed by atoms with van der Waals surface area (Å²) >= 11 is 0. The third-order valence-corrected chi connectivity index (χ3v) is 5.94. The van der Waals surface area contributed by atoms with Crippen molar-refractivity contribution in [2.45, 2.75) is 58.7 Å². The number of carboxylic acid groups (broad SMARTS) is 1. The van der Waals surface area contributed by atoms with Crippen LogP contribution in [0.1, 0.15) is 60.6 Å². The normalized spacial score (nSPS) is 12.7. The highest BCUT2D eigenvalue weighted by Crippen LogP contribution is 2.32. The van der Waals surface area contributed by atoms with Crippen molar-refractivity contribution in [2.75, 3.05) is 6.61 Å². The zero-order valence-corrected chi connectivity index (χ0v) is 20.2. The molecule has 5 nitrogen and oxygen atoms in total. The molecule has 0 fully saturated rings. The molecule has 0 saturated carbocycles. The van der Waals surface area contributed by atoms with E-state index in [9.17, 15) is 9.90 Å². The van der Waals surface area contributed by atoms with Gasteiger partial charge in [-0.15, -0.1) is 0 Å². The largest absolute Gasteiger partial charge is 0.493 e. The highest BCUT2D eigenvalue weighted by molar-refractivity contribution is 5.67. The first kappa shape index (κ1) is 25.3. The summed E-state index contributed by atoms with van der Waals surface area (Å²) in [4.78, 5) is 10.8. The number of ether oxygens (including phenoxy) is 2. The summed E-state index contributed by atoms with van der Waals surface area (Å²) in [5.74, 6) is 0.647. The summed E-state index contributed by atoms with van der Waals surface area (Å²) in [7, 11) is 0. The fourth-order valence-electron chi connectivity index (χ4n) is 3.85. The Morgan fingerprint density at radius 1 is 1.03 bits per heavy atom. The Hall–Kier alpha value is -3.31.